The average Bonchev–Trinajstić information content (AvgIpc) is 2.55. The van der Waals surface area contributed by atoms with Crippen molar-refractivity contribution in [3.63, 3.8) is 0 Å². The molecule has 0 saturated heterocycles. The number of carbonyl (C=O) groups is 2. The topological polar surface area (TPSA) is 49.4 Å². The van der Waals surface area contributed by atoms with Gasteiger partial charge in [-0.05, 0) is 23.3 Å². The van der Waals surface area contributed by atoms with E-state index in [0.717, 1.165) is 11.1 Å². The first-order chi connectivity index (χ1) is 11.0. The van der Waals surface area contributed by atoms with Crippen LogP contribution in [0.25, 0.3) is 0 Å². The highest BCUT2D eigenvalue weighted by Crippen LogP contribution is 2.10. The molecule has 2 amide bonds. The summed E-state index contributed by atoms with van der Waals surface area (Å²) in [5, 5.41) is 3.32. The fourth-order valence-electron chi connectivity index (χ4n) is 2.10. The molecule has 2 rings (SSSR count). The Labute approximate surface area is 141 Å². The van der Waals surface area contributed by atoms with Gasteiger partial charge in [-0.25, -0.2) is 0 Å². The van der Waals surface area contributed by atoms with Crippen molar-refractivity contribution < 1.29 is 9.59 Å². The average molecular weight is 331 g/mol. The number of nitrogens with zero attached hydrogens (tertiary/aromatic N) is 1. The second kappa shape index (κ2) is 8.34. The van der Waals surface area contributed by atoms with E-state index in [2.05, 4.69) is 5.32 Å². The molecule has 0 aliphatic carbocycles. The molecule has 0 heterocycles. The van der Waals surface area contributed by atoms with Crippen molar-refractivity contribution in [1.82, 2.24) is 10.2 Å². The number of benzene rings is 2. The Morgan fingerprint density at radius 3 is 2.30 bits per heavy atom. The minimum absolute atomic E-state index is 0.00421. The van der Waals surface area contributed by atoms with Crippen molar-refractivity contribution in [2.75, 3.05) is 13.6 Å². The van der Waals surface area contributed by atoms with Crippen LogP contribution >= 0.6 is 11.6 Å². The van der Waals surface area contributed by atoms with Gasteiger partial charge in [0.15, 0.2) is 0 Å². The van der Waals surface area contributed by atoms with Crippen molar-refractivity contribution in [2.45, 2.75) is 13.0 Å². The molecule has 0 radical (unpaired) electrons. The summed E-state index contributed by atoms with van der Waals surface area (Å²) in [5.41, 5.74) is 1.91. The summed E-state index contributed by atoms with van der Waals surface area (Å²) in [6.45, 7) is 0.473. The zero-order valence-corrected chi connectivity index (χ0v) is 13.7. The van der Waals surface area contributed by atoms with E-state index in [1.165, 1.54) is 0 Å². The molecule has 0 aromatic heterocycles. The number of hydrogen-bond donors (Lipinski definition) is 1. The Bertz CT molecular complexity index is 656. The molecule has 5 heteroatoms. The van der Waals surface area contributed by atoms with Crippen LogP contribution in [0.2, 0.25) is 5.02 Å². The summed E-state index contributed by atoms with van der Waals surface area (Å²) in [6, 6.07) is 16.8. The number of halogens is 1. The molecule has 0 unspecified atom stereocenters. The third-order valence-corrected chi connectivity index (χ3v) is 3.66. The van der Waals surface area contributed by atoms with E-state index in [0.29, 0.717) is 11.6 Å². The molecule has 1 N–H and O–H groups in total. The molecular weight excluding hydrogens is 312 g/mol. The minimum atomic E-state index is -0.163. The summed E-state index contributed by atoms with van der Waals surface area (Å²) >= 11 is 5.83. The van der Waals surface area contributed by atoms with E-state index in [1.807, 2.05) is 42.5 Å². The van der Waals surface area contributed by atoms with E-state index in [-0.39, 0.29) is 24.8 Å². The van der Waals surface area contributed by atoms with E-state index < -0.39 is 0 Å². The van der Waals surface area contributed by atoms with Gasteiger partial charge in [0, 0.05) is 18.6 Å². The molecule has 0 bridgehead atoms. The van der Waals surface area contributed by atoms with Gasteiger partial charge in [0.05, 0.1) is 13.0 Å². The van der Waals surface area contributed by atoms with E-state index in [9.17, 15) is 9.59 Å². The van der Waals surface area contributed by atoms with Crippen LogP contribution in [0.5, 0.6) is 0 Å². The summed E-state index contributed by atoms with van der Waals surface area (Å²) in [5.74, 6) is -0.300. The monoisotopic (exact) mass is 330 g/mol. The molecule has 0 fully saturated rings. The number of amides is 2. The number of nitrogens with one attached hydrogen (secondary N) is 1. The van der Waals surface area contributed by atoms with Crippen LogP contribution in [0.3, 0.4) is 0 Å². The predicted molar refractivity (Wildman–Crippen MR) is 91.1 cm³/mol. The van der Waals surface area contributed by atoms with Crippen LogP contribution in [0.4, 0.5) is 0 Å². The molecule has 23 heavy (non-hydrogen) atoms. The van der Waals surface area contributed by atoms with Crippen LogP contribution < -0.4 is 5.32 Å². The zero-order valence-electron chi connectivity index (χ0n) is 13.0. The SMILES string of the molecule is CN(Cc1ccc(Cl)cc1)C(=O)CNC(=O)Cc1ccccc1. The second-order valence-electron chi connectivity index (χ2n) is 5.32. The molecule has 0 atom stereocenters. The van der Waals surface area contributed by atoms with E-state index >= 15 is 0 Å². The lowest BCUT2D eigenvalue weighted by molar-refractivity contribution is -0.132. The maximum atomic E-state index is 12.1. The lowest BCUT2D eigenvalue weighted by Crippen LogP contribution is -2.38. The number of likely N-dealkylation sites (N-methyl/N-ethyl adjacent to an activating group) is 1. The molecule has 120 valence electrons. The third kappa shape index (κ3) is 5.75. The van der Waals surface area contributed by atoms with Crippen molar-refractivity contribution in [1.29, 1.82) is 0 Å². The van der Waals surface area contributed by atoms with Gasteiger partial charge in [0.2, 0.25) is 11.8 Å². The van der Waals surface area contributed by atoms with Gasteiger partial charge in [-0.2, -0.15) is 0 Å². The second-order valence-corrected chi connectivity index (χ2v) is 5.75. The first-order valence-electron chi connectivity index (χ1n) is 7.33. The molecular formula is C18H19ClN2O2. The van der Waals surface area contributed by atoms with Gasteiger partial charge in [0.1, 0.15) is 0 Å². The van der Waals surface area contributed by atoms with Crippen molar-refractivity contribution in [3.8, 4) is 0 Å². The molecule has 0 spiro atoms. The minimum Gasteiger partial charge on any atom is -0.347 e. The van der Waals surface area contributed by atoms with E-state index in [1.54, 1.807) is 24.1 Å². The highest BCUT2D eigenvalue weighted by Gasteiger charge is 2.11. The lowest BCUT2D eigenvalue weighted by Gasteiger charge is -2.17. The molecule has 0 aliphatic heterocycles. The van der Waals surface area contributed by atoms with Gasteiger partial charge in [-0.15, -0.1) is 0 Å². The number of hydrogen-bond acceptors (Lipinski definition) is 2. The van der Waals surface area contributed by atoms with Gasteiger partial charge in [0.25, 0.3) is 0 Å². The number of rotatable bonds is 6. The summed E-state index contributed by atoms with van der Waals surface area (Å²) in [6.07, 6.45) is 0.273. The first kappa shape index (κ1) is 17.0. The molecule has 2 aromatic carbocycles. The standard InChI is InChI=1S/C18H19ClN2O2/c1-21(13-15-7-9-16(19)10-8-15)18(23)12-20-17(22)11-14-5-3-2-4-6-14/h2-10H,11-13H2,1H3,(H,20,22). The smallest absolute Gasteiger partial charge is 0.242 e. The van der Waals surface area contributed by atoms with Crippen LogP contribution in [-0.2, 0) is 22.6 Å². The largest absolute Gasteiger partial charge is 0.347 e. The molecule has 0 aliphatic rings. The summed E-state index contributed by atoms with van der Waals surface area (Å²) in [7, 11) is 1.71. The first-order valence-corrected chi connectivity index (χ1v) is 7.71. The van der Waals surface area contributed by atoms with Crippen molar-refractivity contribution in [3.05, 3.63) is 70.7 Å². The van der Waals surface area contributed by atoms with Crippen LogP contribution in [0.15, 0.2) is 54.6 Å². The third-order valence-electron chi connectivity index (χ3n) is 3.40. The molecule has 4 nitrogen and oxygen atoms in total. The zero-order chi connectivity index (χ0) is 16.7. The van der Waals surface area contributed by atoms with Crippen LogP contribution in [0, 0.1) is 0 Å². The fourth-order valence-corrected chi connectivity index (χ4v) is 2.23. The molecule has 2 aromatic rings. The van der Waals surface area contributed by atoms with Crippen LogP contribution in [-0.4, -0.2) is 30.3 Å². The Morgan fingerprint density at radius 2 is 1.65 bits per heavy atom. The highest BCUT2D eigenvalue weighted by atomic mass is 35.5. The Balaban J connectivity index is 1.77. The maximum absolute atomic E-state index is 12.1. The molecule has 0 saturated carbocycles. The summed E-state index contributed by atoms with van der Waals surface area (Å²) < 4.78 is 0. The van der Waals surface area contributed by atoms with Crippen molar-refractivity contribution in [2.24, 2.45) is 0 Å². The Morgan fingerprint density at radius 1 is 1.00 bits per heavy atom. The van der Waals surface area contributed by atoms with Crippen LogP contribution in [0.1, 0.15) is 11.1 Å². The number of carbonyl (C=O) groups excluding carboxylic acids is 2. The van der Waals surface area contributed by atoms with Gasteiger partial charge >= 0.3 is 0 Å². The maximum Gasteiger partial charge on any atom is 0.242 e. The fraction of sp³-hybridized carbons (Fsp3) is 0.222. The van der Waals surface area contributed by atoms with E-state index in [4.69, 9.17) is 11.6 Å². The Hall–Kier alpha value is -2.33. The summed E-state index contributed by atoms with van der Waals surface area (Å²) in [4.78, 5) is 25.5. The van der Waals surface area contributed by atoms with Crippen molar-refractivity contribution >= 4 is 23.4 Å². The highest BCUT2D eigenvalue weighted by molar-refractivity contribution is 6.30. The quantitative estimate of drug-likeness (QED) is 0.885. The van der Waals surface area contributed by atoms with Gasteiger partial charge in [-0.1, -0.05) is 54.1 Å². The lowest BCUT2D eigenvalue weighted by atomic mass is 10.1. The van der Waals surface area contributed by atoms with Gasteiger partial charge in [-0.3, -0.25) is 9.59 Å². The Kier molecular flexibility index (Phi) is 6.18. The predicted octanol–water partition coefficient (Wildman–Crippen LogP) is 2.66. The van der Waals surface area contributed by atoms with Gasteiger partial charge < -0.3 is 10.2 Å². The normalized spacial score (nSPS) is 10.2.